The number of rotatable bonds is 7. The zero-order valence-corrected chi connectivity index (χ0v) is 18.2. The van der Waals surface area contributed by atoms with Gasteiger partial charge in [-0.25, -0.2) is 8.42 Å². The zero-order valence-electron chi connectivity index (χ0n) is 17.4. The van der Waals surface area contributed by atoms with E-state index in [2.05, 4.69) is 15.5 Å². The van der Waals surface area contributed by atoms with Crippen LogP contribution < -0.4 is 5.32 Å². The van der Waals surface area contributed by atoms with E-state index in [9.17, 15) is 13.2 Å². The van der Waals surface area contributed by atoms with Crippen molar-refractivity contribution in [1.82, 2.24) is 24.4 Å². The fourth-order valence-electron chi connectivity index (χ4n) is 3.75. The molecule has 8 nitrogen and oxygen atoms in total. The van der Waals surface area contributed by atoms with Crippen molar-refractivity contribution in [3.63, 3.8) is 0 Å². The van der Waals surface area contributed by atoms with E-state index in [4.69, 9.17) is 0 Å². The summed E-state index contributed by atoms with van der Waals surface area (Å²) in [6, 6.07) is 14.1. The Morgan fingerprint density at radius 1 is 1.13 bits per heavy atom. The topological polar surface area (TPSA) is 97.2 Å². The van der Waals surface area contributed by atoms with Gasteiger partial charge in [0.2, 0.25) is 10.0 Å². The van der Waals surface area contributed by atoms with Crippen molar-refractivity contribution in [1.29, 1.82) is 0 Å². The summed E-state index contributed by atoms with van der Waals surface area (Å²) < 4.78 is 29.8. The van der Waals surface area contributed by atoms with Gasteiger partial charge in [0.25, 0.3) is 5.91 Å². The lowest BCUT2D eigenvalue weighted by molar-refractivity contribution is 0.0953. The van der Waals surface area contributed by atoms with Gasteiger partial charge in [-0.2, -0.15) is 4.31 Å². The molecule has 0 saturated carbocycles. The first-order valence-corrected chi connectivity index (χ1v) is 11.7. The first kappa shape index (κ1) is 21.2. The highest BCUT2D eigenvalue weighted by Gasteiger charge is 2.28. The van der Waals surface area contributed by atoms with Gasteiger partial charge in [-0.3, -0.25) is 4.79 Å². The fourth-order valence-corrected chi connectivity index (χ4v) is 5.21. The van der Waals surface area contributed by atoms with Crippen LogP contribution in [0.5, 0.6) is 0 Å². The average molecular weight is 440 g/mol. The molecule has 0 fully saturated rings. The molecule has 31 heavy (non-hydrogen) atoms. The van der Waals surface area contributed by atoms with E-state index in [1.807, 2.05) is 35.8 Å². The van der Waals surface area contributed by atoms with Gasteiger partial charge in [0.1, 0.15) is 12.2 Å². The maximum atomic E-state index is 13.2. The number of aromatic nitrogens is 3. The molecule has 162 valence electrons. The Morgan fingerprint density at radius 2 is 1.94 bits per heavy atom. The molecule has 0 spiro atoms. The number of amides is 1. The summed E-state index contributed by atoms with van der Waals surface area (Å²) in [5, 5.41) is 10.8. The van der Waals surface area contributed by atoms with Crippen molar-refractivity contribution in [2.24, 2.45) is 0 Å². The summed E-state index contributed by atoms with van der Waals surface area (Å²) in [5.74, 6) is 0.480. The van der Waals surface area contributed by atoms with Crippen LogP contribution in [0.3, 0.4) is 0 Å². The summed E-state index contributed by atoms with van der Waals surface area (Å²) in [4.78, 5) is 12.7. The predicted octanol–water partition coefficient (Wildman–Crippen LogP) is 2.02. The monoisotopic (exact) mass is 439 g/mol. The van der Waals surface area contributed by atoms with Crippen LogP contribution in [-0.2, 0) is 36.0 Å². The van der Waals surface area contributed by atoms with Crippen LogP contribution in [0.25, 0.3) is 0 Å². The van der Waals surface area contributed by atoms with Gasteiger partial charge in [-0.1, -0.05) is 30.3 Å². The Labute approximate surface area is 182 Å². The normalized spacial score (nSPS) is 14.2. The number of sulfonamides is 1. The number of carbonyl (C=O) groups is 1. The molecule has 0 radical (unpaired) electrons. The summed E-state index contributed by atoms with van der Waals surface area (Å²) in [6.07, 6.45) is 2.88. The Kier molecular flexibility index (Phi) is 6.15. The van der Waals surface area contributed by atoms with Crippen LogP contribution in [0.4, 0.5) is 0 Å². The van der Waals surface area contributed by atoms with Crippen molar-refractivity contribution in [2.75, 3.05) is 13.1 Å². The Morgan fingerprint density at radius 3 is 2.74 bits per heavy atom. The number of nitrogens with one attached hydrogen (secondary N) is 1. The molecule has 1 amide bonds. The molecule has 0 unspecified atom stereocenters. The van der Waals surface area contributed by atoms with Crippen LogP contribution in [0, 0.1) is 0 Å². The standard InChI is InChI=1S/C22H25N5O3S/c1-2-26-16-24-25-21(26)10-12-23-22(28)18-8-5-9-20(14-18)31(29,30)27-13-11-17-6-3-4-7-19(17)15-27/h3-9,14,16H,2,10-13,15H2,1H3,(H,23,28). The second-order valence-corrected chi connectivity index (χ2v) is 9.36. The lowest BCUT2D eigenvalue weighted by atomic mass is 10.0. The van der Waals surface area contributed by atoms with E-state index in [0.29, 0.717) is 38.0 Å². The van der Waals surface area contributed by atoms with E-state index >= 15 is 0 Å². The minimum absolute atomic E-state index is 0.130. The number of benzene rings is 2. The van der Waals surface area contributed by atoms with Crippen molar-refractivity contribution in [3.05, 3.63) is 77.4 Å². The molecule has 9 heteroatoms. The largest absolute Gasteiger partial charge is 0.352 e. The van der Waals surface area contributed by atoms with Gasteiger partial charge in [-0.15, -0.1) is 10.2 Å². The number of fused-ring (bicyclic) bond motifs is 1. The van der Waals surface area contributed by atoms with Crippen molar-refractivity contribution < 1.29 is 13.2 Å². The molecule has 0 bridgehead atoms. The maximum absolute atomic E-state index is 13.2. The molecule has 0 saturated heterocycles. The number of hydrogen-bond acceptors (Lipinski definition) is 5. The molecule has 2 aromatic carbocycles. The third-order valence-electron chi connectivity index (χ3n) is 5.50. The number of aryl methyl sites for hydroxylation is 1. The van der Waals surface area contributed by atoms with Crippen molar-refractivity contribution in [3.8, 4) is 0 Å². The molecular formula is C22H25N5O3S. The van der Waals surface area contributed by atoms with Gasteiger partial charge in [0.05, 0.1) is 4.90 Å². The van der Waals surface area contributed by atoms with E-state index < -0.39 is 10.0 Å². The lowest BCUT2D eigenvalue weighted by Gasteiger charge is -2.28. The van der Waals surface area contributed by atoms with Crippen molar-refractivity contribution in [2.45, 2.75) is 37.8 Å². The highest BCUT2D eigenvalue weighted by molar-refractivity contribution is 7.89. The molecule has 1 N–H and O–H groups in total. The minimum Gasteiger partial charge on any atom is -0.352 e. The summed E-state index contributed by atoms with van der Waals surface area (Å²) >= 11 is 0. The summed E-state index contributed by atoms with van der Waals surface area (Å²) in [5.41, 5.74) is 2.52. The third-order valence-corrected chi connectivity index (χ3v) is 7.34. The van der Waals surface area contributed by atoms with Gasteiger partial charge in [-0.05, 0) is 42.7 Å². The van der Waals surface area contributed by atoms with Crippen molar-refractivity contribution >= 4 is 15.9 Å². The molecule has 0 aliphatic carbocycles. The third kappa shape index (κ3) is 4.52. The second kappa shape index (κ2) is 8.99. The number of hydrogen-bond donors (Lipinski definition) is 1. The number of carbonyl (C=O) groups excluding carboxylic acids is 1. The van der Waals surface area contributed by atoms with Crippen LogP contribution in [0.1, 0.15) is 34.2 Å². The Bertz CT molecular complexity index is 1190. The minimum atomic E-state index is -3.69. The maximum Gasteiger partial charge on any atom is 0.251 e. The smallest absolute Gasteiger partial charge is 0.251 e. The predicted molar refractivity (Wildman–Crippen MR) is 116 cm³/mol. The highest BCUT2D eigenvalue weighted by Crippen LogP contribution is 2.25. The van der Waals surface area contributed by atoms with E-state index in [-0.39, 0.29) is 10.8 Å². The summed E-state index contributed by atoms with van der Waals surface area (Å²) in [6.45, 7) is 3.91. The molecule has 2 heterocycles. The molecule has 1 aromatic heterocycles. The van der Waals surface area contributed by atoms with Crippen LogP contribution in [0.15, 0.2) is 59.8 Å². The molecule has 0 atom stereocenters. The summed E-state index contributed by atoms with van der Waals surface area (Å²) in [7, 11) is -3.69. The number of nitrogens with zero attached hydrogens (tertiary/aromatic N) is 4. The second-order valence-electron chi connectivity index (χ2n) is 7.42. The fraction of sp³-hybridized carbons (Fsp3) is 0.318. The van der Waals surface area contributed by atoms with Gasteiger partial charge in [0, 0.05) is 38.2 Å². The SMILES string of the molecule is CCn1cnnc1CCNC(=O)c1cccc(S(=O)(=O)N2CCc3ccccc3C2)c1. The Balaban J connectivity index is 1.44. The quantitative estimate of drug-likeness (QED) is 0.607. The molecule has 1 aliphatic heterocycles. The molecule has 1 aliphatic rings. The van der Waals surface area contributed by atoms with Gasteiger partial charge < -0.3 is 9.88 Å². The van der Waals surface area contributed by atoms with Crippen LogP contribution in [-0.4, -0.2) is 46.5 Å². The van der Waals surface area contributed by atoms with Gasteiger partial charge in [0.15, 0.2) is 0 Å². The van der Waals surface area contributed by atoms with E-state index in [1.165, 1.54) is 22.0 Å². The van der Waals surface area contributed by atoms with Crippen LogP contribution >= 0.6 is 0 Å². The molecular weight excluding hydrogens is 414 g/mol. The zero-order chi connectivity index (χ0) is 21.8. The van der Waals surface area contributed by atoms with Gasteiger partial charge >= 0.3 is 0 Å². The first-order chi connectivity index (χ1) is 15.0. The van der Waals surface area contributed by atoms with E-state index in [0.717, 1.165) is 17.9 Å². The molecule has 3 aromatic rings. The average Bonchev–Trinajstić information content (AvgIpc) is 3.26. The molecule has 4 rings (SSSR count). The van der Waals surface area contributed by atoms with E-state index in [1.54, 1.807) is 18.5 Å². The van der Waals surface area contributed by atoms with Crippen LogP contribution in [0.2, 0.25) is 0 Å². The Hall–Kier alpha value is -3.04. The first-order valence-electron chi connectivity index (χ1n) is 10.3. The lowest BCUT2D eigenvalue weighted by Crippen LogP contribution is -2.36. The highest BCUT2D eigenvalue weighted by atomic mass is 32.2.